The fourth-order valence-electron chi connectivity index (χ4n) is 2.21. The maximum atomic E-state index is 9.50. The Balaban J connectivity index is 1.85. The first kappa shape index (κ1) is 14.1. The average molecular weight is 343 g/mol. The highest BCUT2D eigenvalue weighted by Gasteiger charge is 2.03. The van der Waals surface area contributed by atoms with Crippen LogP contribution in [0.15, 0.2) is 65.1 Å². The summed E-state index contributed by atoms with van der Waals surface area (Å²) in [6.45, 7) is 1.75. The molecule has 0 aromatic heterocycles. The molecule has 0 fully saturated rings. The Hall–Kier alpha value is -1.84. The van der Waals surface area contributed by atoms with Crippen LogP contribution in [-0.4, -0.2) is 5.11 Å². The number of benzene rings is 3. The highest BCUT2D eigenvalue weighted by molar-refractivity contribution is 9.10. The molecular weight excluding hydrogens is 328 g/mol. The van der Waals surface area contributed by atoms with Gasteiger partial charge in [0, 0.05) is 4.47 Å². The van der Waals surface area contributed by atoms with Crippen molar-refractivity contribution < 1.29 is 9.84 Å². The summed E-state index contributed by atoms with van der Waals surface area (Å²) in [5, 5.41) is 11.8. The van der Waals surface area contributed by atoms with Gasteiger partial charge in [0.15, 0.2) is 0 Å². The van der Waals surface area contributed by atoms with E-state index >= 15 is 0 Å². The van der Waals surface area contributed by atoms with Gasteiger partial charge in [-0.05, 0) is 59.7 Å². The van der Waals surface area contributed by atoms with Crippen LogP contribution in [0, 0.1) is 0 Å². The van der Waals surface area contributed by atoms with Gasteiger partial charge < -0.3 is 9.84 Å². The highest BCUT2D eigenvalue weighted by atomic mass is 79.9. The number of hydrogen-bond acceptors (Lipinski definition) is 2. The molecule has 3 aromatic rings. The van der Waals surface area contributed by atoms with Gasteiger partial charge in [-0.2, -0.15) is 0 Å². The van der Waals surface area contributed by atoms with E-state index in [1.54, 1.807) is 6.92 Å². The van der Waals surface area contributed by atoms with E-state index < -0.39 is 6.10 Å². The minimum Gasteiger partial charge on any atom is -0.457 e. The Morgan fingerprint density at radius 1 is 0.857 bits per heavy atom. The summed E-state index contributed by atoms with van der Waals surface area (Å²) in [5.41, 5.74) is 0.880. The minimum atomic E-state index is -0.460. The van der Waals surface area contributed by atoms with Crippen molar-refractivity contribution in [2.45, 2.75) is 13.0 Å². The smallest absolute Gasteiger partial charge is 0.128 e. The van der Waals surface area contributed by atoms with Gasteiger partial charge in [-0.1, -0.05) is 40.2 Å². The van der Waals surface area contributed by atoms with Gasteiger partial charge in [0.1, 0.15) is 11.5 Å². The van der Waals surface area contributed by atoms with Crippen molar-refractivity contribution in [3.63, 3.8) is 0 Å². The summed E-state index contributed by atoms with van der Waals surface area (Å²) >= 11 is 3.47. The Bertz CT molecular complexity index is 764. The summed E-state index contributed by atoms with van der Waals surface area (Å²) in [6, 6.07) is 19.7. The molecule has 0 radical (unpaired) electrons. The number of hydrogen-bond donors (Lipinski definition) is 1. The van der Waals surface area contributed by atoms with Crippen molar-refractivity contribution in [1.82, 2.24) is 0 Å². The van der Waals surface area contributed by atoms with E-state index in [1.807, 2.05) is 48.5 Å². The molecule has 2 nitrogen and oxygen atoms in total. The lowest BCUT2D eigenvalue weighted by Crippen LogP contribution is -1.90. The quantitative estimate of drug-likeness (QED) is 0.685. The van der Waals surface area contributed by atoms with E-state index in [4.69, 9.17) is 4.74 Å². The second-order valence-corrected chi connectivity index (χ2v) is 5.92. The Labute approximate surface area is 132 Å². The average Bonchev–Trinajstić information content (AvgIpc) is 2.48. The molecule has 1 N–H and O–H groups in total. The van der Waals surface area contributed by atoms with Gasteiger partial charge in [0.25, 0.3) is 0 Å². The van der Waals surface area contributed by atoms with Gasteiger partial charge in [-0.25, -0.2) is 0 Å². The zero-order chi connectivity index (χ0) is 14.8. The lowest BCUT2D eigenvalue weighted by Gasteiger charge is -2.09. The molecule has 3 heteroatoms. The van der Waals surface area contributed by atoms with Gasteiger partial charge in [-0.3, -0.25) is 0 Å². The number of ether oxygens (including phenoxy) is 1. The number of fused-ring (bicyclic) bond motifs is 1. The van der Waals surface area contributed by atoms with E-state index in [1.165, 1.54) is 5.39 Å². The predicted octanol–water partition coefficient (Wildman–Crippen LogP) is 5.45. The van der Waals surface area contributed by atoms with Crippen LogP contribution in [0.3, 0.4) is 0 Å². The van der Waals surface area contributed by atoms with Crippen LogP contribution in [0.1, 0.15) is 18.6 Å². The largest absolute Gasteiger partial charge is 0.457 e. The molecule has 0 aliphatic heterocycles. The molecular formula is C18H15BrO2. The molecule has 3 aromatic carbocycles. The fourth-order valence-corrected chi connectivity index (χ4v) is 2.59. The standard InChI is InChI=1S/C18H15BrO2/c1-12(20)13-3-7-17(8-4-13)21-18-9-5-14-10-16(19)6-2-15(14)11-18/h2-12,20H,1H3. The Kier molecular flexibility index (Phi) is 3.95. The summed E-state index contributed by atoms with van der Waals surface area (Å²) in [4.78, 5) is 0. The molecule has 1 unspecified atom stereocenters. The van der Waals surface area contributed by atoms with Crippen molar-refractivity contribution in [3.8, 4) is 11.5 Å². The van der Waals surface area contributed by atoms with Crippen molar-refractivity contribution in [2.75, 3.05) is 0 Å². The monoisotopic (exact) mass is 342 g/mol. The second-order valence-electron chi connectivity index (χ2n) is 5.00. The van der Waals surface area contributed by atoms with Crippen LogP contribution in [0.5, 0.6) is 11.5 Å². The first-order valence-electron chi connectivity index (χ1n) is 6.77. The van der Waals surface area contributed by atoms with Crippen molar-refractivity contribution in [3.05, 3.63) is 70.7 Å². The van der Waals surface area contributed by atoms with E-state index in [-0.39, 0.29) is 0 Å². The normalized spacial score (nSPS) is 12.3. The Morgan fingerprint density at radius 3 is 2.19 bits per heavy atom. The molecule has 0 amide bonds. The molecule has 0 spiro atoms. The SMILES string of the molecule is CC(O)c1ccc(Oc2ccc3cc(Br)ccc3c2)cc1. The van der Waals surface area contributed by atoms with Gasteiger partial charge in [0.2, 0.25) is 0 Å². The third kappa shape index (κ3) is 3.26. The third-order valence-electron chi connectivity index (χ3n) is 3.37. The molecule has 21 heavy (non-hydrogen) atoms. The van der Waals surface area contributed by atoms with E-state index in [9.17, 15) is 5.11 Å². The summed E-state index contributed by atoms with van der Waals surface area (Å²) in [6.07, 6.45) is -0.460. The predicted molar refractivity (Wildman–Crippen MR) is 88.8 cm³/mol. The number of aliphatic hydroxyl groups excluding tert-OH is 1. The molecule has 0 aliphatic rings. The zero-order valence-electron chi connectivity index (χ0n) is 11.6. The Morgan fingerprint density at radius 2 is 1.48 bits per heavy atom. The van der Waals surface area contributed by atoms with Crippen LogP contribution in [0.25, 0.3) is 10.8 Å². The van der Waals surface area contributed by atoms with E-state index in [0.29, 0.717) is 0 Å². The second kappa shape index (κ2) is 5.88. The molecule has 106 valence electrons. The number of aliphatic hydroxyl groups is 1. The van der Waals surface area contributed by atoms with E-state index in [0.717, 1.165) is 26.9 Å². The highest BCUT2D eigenvalue weighted by Crippen LogP contribution is 2.28. The maximum Gasteiger partial charge on any atom is 0.128 e. The number of halogens is 1. The summed E-state index contributed by atoms with van der Waals surface area (Å²) in [7, 11) is 0. The first-order chi connectivity index (χ1) is 10.1. The molecule has 0 saturated heterocycles. The van der Waals surface area contributed by atoms with Crippen LogP contribution in [-0.2, 0) is 0 Å². The third-order valence-corrected chi connectivity index (χ3v) is 3.87. The molecule has 0 saturated carbocycles. The van der Waals surface area contributed by atoms with Crippen molar-refractivity contribution in [1.29, 1.82) is 0 Å². The first-order valence-corrected chi connectivity index (χ1v) is 7.56. The molecule has 0 heterocycles. The topological polar surface area (TPSA) is 29.5 Å². The molecule has 0 aliphatic carbocycles. The maximum absolute atomic E-state index is 9.50. The molecule has 3 rings (SSSR count). The minimum absolute atomic E-state index is 0.460. The lowest BCUT2D eigenvalue weighted by atomic mass is 10.1. The fraction of sp³-hybridized carbons (Fsp3) is 0.111. The van der Waals surface area contributed by atoms with Crippen LogP contribution >= 0.6 is 15.9 Å². The van der Waals surface area contributed by atoms with E-state index in [2.05, 4.69) is 28.1 Å². The summed E-state index contributed by atoms with van der Waals surface area (Å²) < 4.78 is 6.93. The van der Waals surface area contributed by atoms with Crippen LogP contribution < -0.4 is 4.74 Å². The van der Waals surface area contributed by atoms with Crippen molar-refractivity contribution in [2.24, 2.45) is 0 Å². The van der Waals surface area contributed by atoms with Gasteiger partial charge in [0.05, 0.1) is 6.10 Å². The lowest BCUT2D eigenvalue weighted by molar-refractivity contribution is 0.199. The van der Waals surface area contributed by atoms with Gasteiger partial charge >= 0.3 is 0 Å². The zero-order valence-corrected chi connectivity index (χ0v) is 13.2. The molecule has 1 atom stereocenters. The number of rotatable bonds is 3. The van der Waals surface area contributed by atoms with Gasteiger partial charge in [-0.15, -0.1) is 0 Å². The molecule has 0 bridgehead atoms. The summed E-state index contributed by atoms with van der Waals surface area (Å²) in [5.74, 6) is 1.56. The van der Waals surface area contributed by atoms with Crippen molar-refractivity contribution >= 4 is 26.7 Å². The van der Waals surface area contributed by atoms with Crippen LogP contribution in [0.2, 0.25) is 0 Å². The van der Waals surface area contributed by atoms with Crippen LogP contribution in [0.4, 0.5) is 0 Å².